The highest BCUT2D eigenvalue weighted by atomic mass is 16.2. The fourth-order valence-electron chi connectivity index (χ4n) is 3.01. The molecule has 0 unspecified atom stereocenters. The molecule has 0 radical (unpaired) electrons. The molecule has 0 fully saturated rings. The Morgan fingerprint density at radius 2 is 1.93 bits per heavy atom. The fourth-order valence-corrected chi connectivity index (χ4v) is 3.01. The Morgan fingerprint density at radius 3 is 2.71 bits per heavy atom. The molecule has 0 aliphatic carbocycles. The van der Waals surface area contributed by atoms with Crippen LogP contribution < -0.4 is 10.6 Å². The minimum atomic E-state index is -0.339. The average Bonchev–Trinajstić information content (AvgIpc) is 3.13. The van der Waals surface area contributed by atoms with Crippen molar-refractivity contribution in [1.82, 2.24) is 30.0 Å². The second kappa shape index (κ2) is 7.07. The maximum atomic E-state index is 12.2. The Balaban J connectivity index is 1.85. The second-order valence-corrected chi connectivity index (χ2v) is 6.40. The summed E-state index contributed by atoms with van der Waals surface area (Å²) < 4.78 is 1.29. The van der Waals surface area contributed by atoms with E-state index in [-0.39, 0.29) is 6.03 Å². The smallest absolute Gasteiger partial charge is 0.342 e. The molecular weight excluding hydrogens is 354 g/mol. The van der Waals surface area contributed by atoms with Crippen molar-refractivity contribution < 1.29 is 4.79 Å². The van der Waals surface area contributed by atoms with Crippen molar-refractivity contribution in [2.24, 2.45) is 0 Å². The number of rotatable bonds is 3. The zero-order chi connectivity index (χ0) is 19.7. The van der Waals surface area contributed by atoms with Crippen LogP contribution in [-0.4, -0.2) is 37.8 Å². The average molecular weight is 373 g/mol. The van der Waals surface area contributed by atoms with Gasteiger partial charge in [-0.3, -0.25) is 15.0 Å². The SMILES string of the molecule is CNC(=O)n1ncc2nccc(Nc3cc(C)cnc3-c3cccc(C)n3)c21. The standard InChI is InChI=1S/C20H19N7O/c1-12-9-16(18(23-10-12)14-6-4-5-13(2)25-14)26-15-7-8-22-17-11-24-27(19(15)17)20(28)21-3/h4-11H,1-3H3,(H,21,28)(H,22,26). The van der Waals surface area contributed by atoms with Crippen molar-refractivity contribution in [1.29, 1.82) is 0 Å². The van der Waals surface area contributed by atoms with Crippen molar-refractivity contribution in [2.45, 2.75) is 13.8 Å². The Kier molecular flexibility index (Phi) is 4.44. The number of pyridine rings is 3. The first-order valence-corrected chi connectivity index (χ1v) is 8.79. The zero-order valence-corrected chi connectivity index (χ0v) is 15.8. The summed E-state index contributed by atoms with van der Waals surface area (Å²) in [6.45, 7) is 3.92. The van der Waals surface area contributed by atoms with E-state index in [4.69, 9.17) is 0 Å². The number of hydrogen-bond donors (Lipinski definition) is 2. The van der Waals surface area contributed by atoms with Crippen LogP contribution in [0.15, 0.2) is 48.9 Å². The van der Waals surface area contributed by atoms with E-state index < -0.39 is 0 Å². The van der Waals surface area contributed by atoms with E-state index >= 15 is 0 Å². The van der Waals surface area contributed by atoms with Gasteiger partial charge in [-0.25, -0.2) is 4.79 Å². The molecular formula is C20H19N7O. The van der Waals surface area contributed by atoms with Gasteiger partial charge in [0, 0.05) is 25.1 Å². The Labute approximate surface area is 161 Å². The van der Waals surface area contributed by atoms with Crippen LogP contribution in [0, 0.1) is 13.8 Å². The number of amides is 1. The van der Waals surface area contributed by atoms with Crippen LogP contribution in [0.2, 0.25) is 0 Å². The summed E-state index contributed by atoms with van der Waals surface area (Å²) in [6.07, 6.45) is 5.04. The van der Waals surface area contributed by atoms with E-state index in [0.717, 1.165) is 28.3 Å². The fraction of sp³-hybridized carbons (Fsp3) is 0.150. The number of nitrogens with zero attached hydrogens (tertiary/aromatic N) is 5. The summed E-state index contributed by atoms with van der Waals surface area (Å²) >= 11 is 0. The summed E-state index contributed by atoms with van der Waals surface area (Å²) in [5, 5.41) is 10.1. The Bertz CT molecular complexity index is 1180. The maximum Gasteiger partial charge on any atom is 0.342 e. The second-order valence-electron chi connectivity index (χ2n) is 6.40. The molecule has 0 atom stereocenters. The van der Waals surface area contributed by atoms with Gasteiger partial charge in [0.05, 0.1) is 23.3 Å². The van der Waals surface area contributed by atoms with Gasteiger partial charge in [-0.05, 0) is 43.7 Å². The van der Waals surface area contributed by atoms with Gasteiger partial charge in [0.25, 0.3) is 0 Å². The Hall–Kier alpha value is -3.81. The van der Waals surface area contributed by atoms with Crippen molar-refractivity contribution in [3.63, 3.8) is 0 Å². The molecule has 4 aromatic heterocycles. The highest BCUT2D eigenvalue weighted by Gasteiger charge is 2.16. The topological polar surface area (TPSA) is 97.6 Å². The van der Waals surface area contributed by atoms with Crippen molar-refractivity contribution >= 4 is 28.4 Å². The summed E-state index contributed by atoms with van der Waals surface area (Å²) in [6, 6.07) is 9.28. The minimum absolute atomic E-state index is 0.339. The molecule has 4 heterocycles. The van der Waals surface area contributed by atoms with Crippen LogP contribution in [0.3, 0.4) is 0 Å². The highest BCUT2D eigenvalue weighted by molar-refractivity contribution is 5.97. The van der Waals surface area contributed by atoms with Gasteiger partial charge in [-0.2, -0.15) is 9.78 Å². The number of fused-ring (bicyclic) bond motifs is 1. The van der Waals surface area contributed by atoms with Gasteiger partial charge < -0.3 is 10.6 Å². The maximum absolute atomic E-state index is 12.2. The van der Waals surface area contributed by atoms with Gasteiger partial charge in [-0.1, -0.05) is 6.07 Å². The van der Waals surface area contributed by atoms with Crippen molar-refractivity contribution in [3.05, 3.63) is 60.2 Å². The third-order valence-corrected chi connectivity index (χ3v) is 4.29. The number of carbonyl (C=O) groups is 1. The van der Waals surface area contributed by atoms with Crippen molar-refractivity contribution in [3.8, 4) is 11.4 Å². The lowest BCUT2D eigenvalue weighted by Gasteiger charge is -2.14. The molecule has 0 bridgehead atoms. The first kappa shape index (κ1) is 17.6. The quantitative estimate of drug-likeness (QED) is 0.571. The minimum Gasteiger partial charge on any atom is -0.352 e. The largest absolute Gasteiger partial charge is 0.352 e. The van der Waals surface area contributed by atoms with Crippen LogP contribution in [0.4, 0.5) is 16.2 Å². The molecule has 4 rings (SSSR count). The van der Waals surface area contributed by atoms with Gasteiger partial charge in [0.15, 0.2) is 0 Å². The third kappa shape index (κ3) is 3.16. The summed E-state index contributed by atoms with van der Waals surface area (Å²) in [7, 11) is 1.56. The molecule has 0 saturated carbocycles. The van der Waals surface area contributed by atoms with Crippen LogP contribution in [0.25, 0.3) is 22.4 Å². The monoisotopic (exact) mass is 373 g/mol. The molecule has 1 amide bonds. The van der Waals surface area contributed by atoms with E-state index in [1.807, 2.05) is 38.1 Å². The van der Waals surface area contributed by atoms with E-state index in [1.165, 1.54) is 4.68 Å². The molecule has 2 N–H and O–H groups in total. The summed E-state index contributed by atoms with van der Waals surface area (Å²) in [4.78, 5) is 25.7. The van der Waals surface area contributed by atoms with Gasteiger partial charge in [0.1, 0.15) is 16.7 Å². The summed E-state index contributed by atoms with van der Waals surface area (Å²) in [5.74, 6) is 0. The Morgan fingerprint density at radius 1 is 1.07 bits per heavy atom. The van der Waals surface area contributed by atoms with E-state index in [1.54, 1.807) is 31.7 Å². The van der Waals surface area contributed by atoms with E-state index in [2.05, 4.69) is 30.7 Å². The number of hydrogen-bond acceptors (Lipinski definition) is 6. The lowest BCUT2D eigenvalue weighted by atomic mass is 10.1. The van der Waals surface area contributed by atoms with Crippen LogP contribution in [0.5, 0.6) is 0 Å². The normalized spacial score (nSPS) is 10.8. The number of aryl methyl sites for hydroxylation is 2. The predicted molar refractivity (Wildman–Crippen MR) is 108 cm³/mol. The molecule has 28 heavy (non-hydrogen) atoms. The van der Waals surface area contributed by atoms with Crippen LogP contribution in [-0.2, 0) is 0 Å². The molecule has 140 valence electrons. The van der Waals surface area contributed by atoms with Crippen LogP contribution in [0.1, 0.15) is 11.3 Å². The lowest BCUT2D eigenvalue weighted by Crippen LogP contribution is -2.25. The number of nitrogens with one attached hydrogen (secondary N) is 2. The highest BCUT2D eigenvalue weighted by Crippen LogP contribution is 2.31. The van der Waals surface area contributed by atoms with Gasteiger partial charge >= 0.3 is 6.03 Å². The third-order valence-electron chi connectivity index (χ3n) is 4.29. The first-order chi connectivity index (χ1) is 13.6. The van der Waals surface area contributed by atoms with E-state index in [9.17, 15) is 4.79 Å². The number of anilines is 2. The number of aromatic nitrogens is 5. The lowest BCUT2D eigenvalue weighted by molar-refractivity contribution is 0.242. The van der Waals surface area contributed by atoms with Crippen LogP contribution >= 0.6 is 0 Å². The predicted octanol–water partition coefficient (Wildman–Crippen LogP) is 3.44. The summed E-state index contributed by atoms with van der Waals surface area (Å²) in [5.41, 5.74) is 6.11. The molecule has 0 aliphatic heterocycles. The molecule has 8 heteroatoms. The molecule has 4 aromatic rings. The number of carbonyl (C=O) groups excluding carboxylic acids is 1. The first-order valence-electron chi connectivity index (χ1n) is 8.79. The molecule has 0 aromatic carbocycles. The molecule has 8 nitrogen and oxygen atoms in total. The zero-order valence-electron chi connectivity index (χ0n) is 15.8. The molecule has 0 aliphatic rings. The van der Waals surface area contributed by atoms with E-state index in [0.29, 0.717) is 16.7 Å². The van der Waals surface area contributed by atoms with Gasteiger partial charge in [0.2, 0.25) is 0 Å². The van der Waals surface area contributed by atoms with Gasteiger partial charge in [-0.15, -0.1) is 0 Å². The molecule has 0 spiro atoms. The molecule has 0 saturated heterocycles. The van der Waals surface area contributed by atoms with Crippen molar-refractivity contribution in [2.75, 3.05) is 12.4 Å².